The molecule has 2 aliphatic rings. The fourth-order valence-corrected chi connectivity index (χ4v) is 4.58. The standard InChI is InChI=1S/C23H27NO8S/c1-15(25)24-19-21(32-33(2,26)27)20-18(14-29-22(31-20)17-11-7-4-8-12-17)30-23(19)28-13-16-9-5-3-6-10-16/h3-12,18-23H,13-14H2,1-2H3,(H,24,25)/t18-,19-,20-,21-,22+,23+/m1/s1. The highest BCUT2D eigenvalue weighted by atomic mass is 32.2. The highest BCUT2D eigenvalue weighted by Gasteiger charge is 2.52. The largest absolute Gasteiger partial charge is 0.346 e. The number of nitrogens with one attached hydrogen (secondary N) is 1. The van der Waals surface area contributed by atoms with Crippen molar-refractivity contribution in [3.63, 3.8) is 0 Å². The molecule has 2 heterocycles. The average Bonchev–Trinajstić information content (AvgIpc) is 2.79. The van der Waals surface area contributed by atoms with Gasteiger partial charge < -0.3 is 24.3 Å². The summed E-state index contributed by atoms with van der Waals surface area (Å²) in [5.41, 5.74) is 1.67. The molecule has 4 rings (SSSR count). The smallest absolute Gasteiger partial charge is 0.264 e. The van der Waals surface area contributed by atoms with E-state index < -0.39 is 47.1 Å². The number of carbonyl (C=O) groups is 1. The first-order chi connectivity index (χ1) is 15.8. The zero-order valence-corrected chi connectivity index (χ0v) is 19.1. The lowest BCUT2D eigenvalue weighted by molar-refractivity contribution is -0.342. The van der Waals surface area contributed by atoms with Crippen molar-refractivity contribution in [1.82, 2.24) is 5.32 Å². The van der Waals surface area contributed by atoms with Crippen LogP contribution < -0.4 is 5.32 Å². The Labute approximate surface area is 193 Å². The van der Waals surface area contributed by atoms with Gasteiger partial charge in [-0.15, -0.1) is 0 Å². The van der Waals surface area contributed by atoms with Crippen molar-refractivity contribution in [2.75, 3.05) is 12.9 Å². The van der Waals surface area contributed by atoms with Crippen LogP contribution >= 0.6 is 0 Å². The monoisotopic (exact) mass is 477 g/mol. The first kappa shape index (κ1) is 23.8. The van der Waals surface area contributed by atoms with E-state index in [0.29, 0.717) is 0 Å². The summed E-state index contributed by atoms with van der Waals surface area (Å²) in [6, 6.07) is 17.8. The Morgan fingerprint density at radius 3 is 2.36 bits per heavy atom. The van der Waals surface area contributed by atoms with Gasteiger partial charge in [-0.05, 0) is 5.56 Å². The Kier molecular flexibility index (Phi) is 7.42. The highest BCUT2D eigenvalue weighted by Crippen LogP contribution is 2.36. The summed E-state index contributed by atoms with van der Waals surface area (Å²) in [5.74, 6) is -0.385. The van der Waals surface area contributed by atoms with Crippen LogP contribution in [0, 0.1) is 0 Å². The van der Waals surface area contributed by atoms with Crippen LogP contribution in [0.25, 0.3) is 0 Å². The maximum atomic E-state index is 12.1. The molecule has 0 bridgehead atoms. The Hall–Kier alpha value is -2.34. The van der Waals surface area contributed by atoms with Crippen LogP contribution in [-0.2, 0) is 44.7 Å². The molecule has 1 amide bonds. The zero-order valence-electron chi connectivity index (χ0n) is 18.3. The second-order valence-electron chi connectivity index (χ2n) is 8.01. The van der Waals surface area contributed by atoms with Crippen molar-refractivity contribution in [2.24, 2.45) is 0 Å². The molecule has 0 aliphatic carbocycles. The molecule has 178 valence electrons. The first-order valence-corrected chi connectivity index (χ1v) is 12.4. The van der Waals surface area contributed by atoms with Gasteiger partial charge in [-0.1, -0.05) is 60.7 Å². The molecule has 9 nitrogen and oxygen atoms in total. The van der Waals surface area contributed by atoms with Crippen molar-refractivity contribution in [3.05, 3.63) is 71.8 Å². The minimum absolute atomic E-state index is 0.131. The minimum atomic E-state index is -3.90. The van der Waals surface area contributed by atoms with Gasteiger partial charge in [0.05, 0.1) is 19.5 Å². The topological polar surface area (TPSA) is 109 Å². The number of hydrogen-bond acceptors (Lipinski definition) is 8. The minimum Gasteiger partial charge on any atom is -0.346 e. The molecule has 2 saturated heterocycles. The molecular formula is C23H27NO8S. The predicted molar refractivity (Wildman–Crippen MR) is 117 cm³/mol. The van der Waals surface area contributed by atoms with Crippen LogP contribution in [0.2, 0.25) is 0 Å². The SMILES string of the molecule is CC(=O)N[C@H]1[C@@H](OCc2ccccc2)O[C@@H]2CO[C@H](c3ccccc3)O[C@H]2[C@@H]1OS(C)(=O)=O. The molecule has 0 saturated carbocycles. The van der Waals surface area contributed by atoms with Gasteiger partial charge in [0.1, 0.15) is 24.4 Å². The zero-order chi connectivity index (χ0) is 23.4. The van der Waals surface area contributed by atoms with Gasteiger partial charge in [0.2, 0.25) is 5.91 Å². The first-order valence-electron chi connectivity index (χ1n) is 10.6. The molecular weight excluding hydrogens is 450 g/mol. The molecule has 2 aromatic rings. The van der Waals surface area contributed by atoms with Gasteiger partial charge in [0.15, 0.2) is 12.6 Å². The Bertz CT molecular complexity index is 1030. The van der Waals surface area contributed by atoms with Gasteiger partial charge in [-0.25, -0.2) is 0 Å². The van der Waals surface area contributed by atoms with Gasteiger partial charge in [-0.3, -0.25) is 8.98 Å². The number of benzene rings is 2. The molecule has 0 radical (unpaired) electrons. The molecule has 0 unspecified atom stereocenters. The molecule has 0 spiro atoms. The summed E-state index contributed by atoms with van der Waals surface area (Å²) in [6.07, 6.45) is -3.34. The molecule has 2 aliphatic heterocycles. The summed E-state index contributed by atoms with van der Waals surface area (Å²) < 4.78 is 53.7. The van der Waals surface area contributed by atoms with Gasteiger partial charge >= 0.3 is 0 Å². The van der Waals surface area contributed by atoms with E-state index in [4.69, 9.17) is 23.1 Å². The van der Waals surface area contributed by atoms with E-state index in [1.54, 1.807) is 0 Å². The molecule has 6 atom stereocenters. The molecule has 2 fully saturated rings. The molecule has 33 heavy (non-hydrogen) atoms. The fraction of sp³-hybridized carbons (Fsp3) is 0.435. The quantitative estimate of drug-likeness (QED) is 0.602. The van der Waals surface area contributed by atoms with E-state index in [9.17, 15) is 13.2 Å². The lowest BCUT2D eigenvalue weighted by atomic mass is 9.95. The van der Waals surface area contributed by atoms with Crippen molar-refractivity contribution < 1.29 is 36.3 Å². The maximum absolute atomic E-state index is 12.1. The summed E-state index contributed by atoms with van der Waals surface area (Å²) in [4.78, 5) is 12.0. The number of hydrogen-bond donors (Lipinski definition) is 1. The van der Waals surface area contributed by atoms with Gasteiger partial charge in [0.25, 0.3) is 10.1 Å². The van der Waals surface area contributed by atoms with E-state index in [-0.39, 0.29) is 19.1 Å². The van der Waals surface area contributed by atoms with E-state index in [2.05, 4.69) is 5.32 Å². The normalized spacial score (nSPS) is 29.8. The number of fused-ring (bicyclic) bond motifs is 1. The summed E-state index contributed by atoms with van der Waals surface area (Å²) in [5, 5.41) is 2.73. The van der Waals surface area contributed by atoms with Crippen molar-refractivity contribution in [3.8, 4) is 0 Å². The lowest BCUT2D eigenvalue weighted by Gasteiger charge is -2.48. The van der Waals surface area contributed by atoms with E-state index >= 15 is 0 Å². The number of amides is 1. The fourth-order valence-electron chi connectivity index (χ4n) is 3.95. The van der Waals surface area contributed by atoms with E-state index in [1.807, 2.05) is 60.7 Å². The van der Waals surface area contributed by atoms with Gasteiger partial charge in [-0.2, -0.15) is 8.42 Å². The van der Waals surface area contributed by atoms with Crippen LogP contribution in [0.5, 0.6) is 0 Å². The Morgan fingerprint density at radius 2 is 1.73 bits per heavy atom. The second-order valence-corrected chi connectivity index (χ2v) is 9.61. The van der Waals surface area contributed by atoms with E-state index in [0.717, 1.165) is 17.4 Å². The van der Waals surface area contributed by atoms with E-state index in [1.165, 1.54) is 6.92 Å². The third kappa shape index (κ3) is 6.17. The summed E-state index contributed by atoms with van der Waals surface area (Å²) >= 11 is 0. The third-order valence-electron chi connectivity index (χ3n) is 5.32. The number of rotatable bonds is 7. The molecule has 1 N–H and O–H groups in total. The van der Waals surface area contributed by atoms with Crippen LogP contribution in [0.1, 0.15) is 24.3 Å². The van der Waals surface area contributed by atoms with Crippen LogP contribution in [-0.4, -0.2) is 57.8 Å². The average molecular weight is 478 g/mol. The number of ether oxygens (including phenoxy) is 4. The van der Waals surface area contributed by atoms with Crippen LogP contribution in [0.15, 0.2) is 60.7 Å². The second kappa shape index (κ2) is 10.3. The lowest BCUT2D eigenvalue weighted by Crippen LogP contribution is -2.67. The molecule has 10 heteroatoms. The highest BCUT2D eigenvalue weighted by molar-refractivity contribution is 7.86. The number of carbonyl (C=O) groups excluding carboxylic acids is 1. The Morgan fingerprint density at radius 1 is 1.06 bits per heavy atom. The van der Waals surface area contributed by atoms with Crippen molar-refractivity contribution in [1.29, 1.82) is 0 Å². The van der Waals surface area contributed by atoms with Crippen molar-refractivity contribution in [2.45, 2.75) is 50.5 Å². The summed E-state index contributed by atoms with van der Waals surface area (Å²) in [6.45, 7) is 1.65. The summed E-state index contributed by atoms with van der Waals surface area (Å²) in [7, 11) is -3.90. The van der Waals surface area contributed by atoms with Crippen LogP contribution in [0.4, 0.5) is 0 Å². The third-order valence-corrected chi connectivity index (χ3v) is 5.90. The molecule has 2 aromatic carbocycles. The van der Waals surface area contributed by atoms with Crippen LogP contribution in [0.3, 0.4) is 0 Å². The van der Waals surface area contributed by atoms with Crippen molar-refractivity contribution >= 4 is 16.0 Å². The Balaban J connectivity index is 1.60. The predicted octanol–water partition coefficient (Wildman–Crippen LogP) is 1.89. The molecule has 0 aromatic heterocycles. The maximum Gasteiger partial charge on any atom is 0.264 e. The van der Waals surface area contributed by atoms with Gasteiger partial charge in [0, 0.05) is 12.5 Å².